The highest BCUT2D eigenvalue weighted by Gasteiger charge is 2.17. The molecule has 0 saturated carbocycles. The molecule has 0 bridgehead atoms. The predicted octanol–water partition coefficient (Wildman–Crippen LogP) is 3.36. The lowest BCUT2D eigenvalue weighted by molar-refractivity contribution is 0.474. The van der Waals surface area contributed by atoms with E-state index in [4.69, 9.17) is 0 Å². The van der Waals surface area contributed by atoms with Gasteiger partial charge < -0.3 is 10.4 Å². The molecule has 0 unspecified atom stereocenters. The second kappa shape index (κ2) is 6.18. The van der Waals surface area contributed by atoms with E-state index in [2.05, 4.69) is 5.32 Å². The van der Waals surface area contributed by atoms with E-state index in [1.54, 1.807) is 49.4 Å². The summed E-state index contributed by atoms with van der Waals surface area (Å²) in [6.07, 6.45) is 0. The molecule has 0 aliphatic heterocycles. The van der Waals surface area contributed by atoms with Crippen LogP contribution in [0.25, 0.3) is 0 Å². The fraction of sp³-hybridized carbons (Fsp3) is 0.250. The Hall–Kier alpha value is -2.01. The molecular weight excluding hydrogens is 286 g/mol. The van der Waals surface area contributed by atoms with Crippen molar-refractivity contribution in [1.82, 2.24) is 0 Å². The summed E-state index contributed by atoms with van der Waals surface area (Å²) in [6, 6.07) is 13.7. The Bertz CT molecular complexity index is 726. The fourth-order valence-electron chi connectivity index (χ4n) is 2.12. The number of sulfone groups is 1. The molecule has 2 rings (SSSR count). The molecule has 0 amide bonds. The first-order valence-corrected chi connectivity index (χ1v) is 8.46. The van der Waals surface area contributed by atoms with Crippen molar-refractivity contribution in [1.29, 1.82) is 0 Å². The number of nitrogens with one attached hydrogen (secondary N) is 1. The Morgan fingerprint density at radius 2 is 1.86 bits per heavy atom. The third-order valence-electron chi connectivity index (χ3n) is 3.34. The minimum Gasteiger partial charge on any atom is -0.508 e. The normalized spacial score (nSPS) is 12.9. The molecule has 0 radical (unpaired) electrons. The molecule has 112 valence electrons. The first-order chi connectivity index (χ1) is 9.94. The van der Waals surface area contributed by atoms with Crippen molar-refractivity contribution in [3.8, 4) is 5.75 Å². The third-order valence-corrected chi connectivity index (χ3v) is 5.13. The van der Waals surface area contributed by atoms with Gasteiger partial charge in [-0.1, -0.05) is 31.2 Å². The molecule has 1 atom stereocenters. The molecule has 0 aliphatic carbocycles. The van der Waals surface area contributed by atoms with E-state index < -0.39 is 9.84 Å². The van der Waals surface area contributed by atoms with Crippen LogP contribution >= 0.6 is 0 Å². The van der Waals surface area contributed by atoms with Gasteiger partial charge in [-0.2, -0.15) is 0 Å². The maximum Gasteiger partial charge on any atom is 0.180 e. The Balaban J connectivity index is 2.32. The van der Waals surface area contributed by atoms with E-state index in [-0.39, 0.29) is 17.5 Å². The summed E-state index contributed by atoms with van der Waals surface area (Å²) in [6.45, 7) is 3.55. The van der Waals surface area contributed by atoms with Gasteiger partial charge >= 0.3 is 0 Å². The summed E-state index contributed by atoms with van der Waals surface area (Å²) in [4.78, 5) is 0.305. The van der Waals surface area contributed by atoms with E-state index in [0.717, 1.165) is 5.56 Å². The number of anilines is 1. The van der Waals surface area contributed by atoms with Crippen LogP contribution in [0.1, 0.15) is 25.5 Å². The molecule has 5 heteroatoms. The first kappa shape index (κ1) is 15.4. The SMILES string of the molecule is CCS(=O)(=O)c1ccccc1N[C@@H](C)c1cccc(O)c1. The van der Waals surface area contributed by atoms with Gasteiger partial charge in [0.1, 0.15) is 5.75 Å². The minimum absolute atomic E-state index is 0.0617. The van der Waals surface area contributed by atoms with Crippen LogP contribution in [0.3, 0.4) is 0 Å². The average molecular weight is 305 g/mol. The van der Waals surface area contributed by atoms with Crippen molar-refractivity contribution in [3.05, 3.63) is 54.1 Å². The Morgan fingerprint density at radius 3 is 2.52 bits per heavy atom. The zero-order chi connectivity index (χ0) is 15.5. The van der Waals surface area contributed by atoms with E-state index >= 15 is 0 Å². The lowest BCUT2D eigenvalue weighted by atomic mass is 10.1. The van der Waals surface area contributed by atoms with Gasteiger partial charge in [-0.15, -0.1) is 0 Å². The summed E-state index contributed by atoms with van der Waals surface area (Å²) in [5.74, 6) is 0.252. The summed E-state index contributed by atoms with van der Waals surface area (Å²) < 4.78 is 24.2. The Labute approximate surface area is 125 Å². The van der Waals surface area contributed by atoms with Gasteiger partial charge in [-0.3, -0.25) is 0 Å². The standard InChI is InChI=1S/C16H19NO3S/c1-3-21(19,20)16-10-5-4-9-15(16)17-12(2)13-7-6-8-14(18)11-13/h4-12,17-18H,3H2,1-2H3/t12-/m0/s1. The van der Waals surface area contributed by atoms with Crippen LogP contribution in [0.15, 0.2) is 53.4 Å². The highest BCUT2D eigenvalue weighted by molar-refractivity contribution is 7.91. The quantitative estimate of drug-likeness (QED) is 0.889. The Morgan fingerprint density at radius 1 is 1.14 bits per heavy atom. The molecule has 0 saturated heterocycles. The maximum atomic E-state index is 12.1. The number of para-hydroxylation sites is 1. The number of phenolic OH excluding ortho intramolecular Hbond substituents is 1. The van der Waals surface area contributed by atoms with Crippen molar-refractivity contribution < 1.29 is 13.5 Å². The number of benzene rings is 2. The van der Waals surface area contributed by atoms with Crippen LogP contribution in [-0.2, 0) is 9.84 Å². The number of hydrogen-bond acceptors (Lipinski definition) is 4. The predicted molar refractivity (Wildman–Crippen MR) is 84.3 cm³/mol. The van der Waals surface area contributed by atoms with E-state index in [9.17, 15) is 13.5 Å². The molecule has 0 aliphatic rings. The van der Waals surface area contributed by atoms with Crippen LogP contribution in [0, 0.1) is 0 Å². The lowest BCUT2D eigenvalue weighted by Gasteiger charge is -2.18. The molecule has 4 nitrogen and oxygen atoms in total. The second-order valence-electron chi connectivity index (χ2n) is 4.86. The summed E-state index contributed by atoms with van der Waals surface area (Å²) in [5, 5.41) is 12.7. The highest BCUT2D eigenvalue weighted by atomic mass is 32.2. The van der Waals surface area contributed by atoms with Gasteiger partial charge in [0.25, 0.3) is 0 Å². The van der Waals surface area contributed by atoms with E-state index in [0.29, 0.717) is 10.6 Å². The smallest absolute Gasteiger partial charge is 0.180 e. The molecule has 2 aromatic rings. The van der Waals surface area contributed by atoms with Gasteiger partial charge in [0.15, 0.2) is 9.84 Å². The molecule has 2 aromatic carbocycles. The first-order valence-electron chi connectivity index (χ1n) is 6.81. The molecular formula is C16H19NO3S. The summed E-state index contributed by atoms with van der Waals surface area (Å²) >= 11 is 0. The van der Waals surface area contributed by atoms with Crippen LogP contribution < -0.4 is 5.32 Å². The lowest BCUT2D eigenvalue weighted by Crippen LogP contribution is -2.12. The van der Waals surface area contributed by atoms with Gasteiger partial charge in [-0.05, 0) is 36.8 Å². The maximum absolute atomic E-state index is 12.1. The highest BCUT2D eigenvalue weighted by Crippen LogP contribution is 2.27. The van der Waals surface area contributed by atoms with Gasteiger partial charge in [-0.25, -0.2) is 8.42 Å². The fourth-order valence-corrected chi connectivity index (χ4v) is 3.18. The zero-order valence-corrected chi connectivity index (χ0v) is 12.9. The van der Waals surface area contributed by atoms with Gasteiger partial charge in [0.2, 0.25) is 0 Å². The van der Waals surface area contributed by atoms with Crippen LogP contribution in [-0.4, -0.2) is 19.3 Å². The minimum atomic E-state index is -3.28. The number of aromatic hydroxyl groups is 1. The number of phenols is 1. The van der Waals surface area contributed by atoms with Crippen LogP contribution in [0.4, 0.5) is 5.69 Å². The summed E-state index contributed by atoms with van der Waals surface area (Å²) in [7, 11) is -3.28. The van der Waals surface area contributed by atoms with Crippen LogP contribution in [0.2, 0.25) is 0 Å². The van der Waals surface area contributed by atoms with Crippen molar-refractivity contribution >= 4 is 15.5 Å². The largest absolute Gasteiger partial charge is 0.508 e. The second-order valence-corrected chi connectivity index (χ2v) is 7.11. The molecule has 0 heterocycles. The summed E-state index contributed by atoms with van der Waals surface area (Å²) in [5.41, 5.74) is 1.47. The topological polar surface area (TPSA) is 66.4 Å². The van der Waals surface area contributed by atoms with Crippen molar-refractivity contribution in [2.75, 3.05) is 11.1 Å². The molecule has 21 heavy (non-hydrogen) atoms. The van der Waals surface area contributed by atoms with Crippen molar-refractivity contribution in [3.63, 3.8) is 0 Å². The molecule has 0 aromatic heterocycles. The third kappa shape index (κ3) is 3.55. The monoisotopic (exact) mass is 305 g/mol. The molecule has 0 spiro atoms. The molecule has 0 fully saturated rings. The van der Waals surface area contributed by atoms with E-state index in [1.807, 2.05) is 13.0 Å². The van der Waals surface area contributed by atoms with Gasteiger partial charge in [0, 0.05) is 6.04 Å². The van der Waals surface area contributed by atoms with Crippen molar-refractivity contribution in [2.45, 2.75) is 24.8 Å². The zero-order valence-electron chi connectivity index (χ0n) is 12.1. The number of rotatable bonds is 5. The average Bonchev–Trinajstić information content (AvgIpc) is 2.47. The van der Waals surface area contributed by atoms with Crippen LogP contribution in [0.5, 0.6) is 5.75 Å². The van der Waals surface area contributed by atoms with E-state index in [1.165, 1.54) is 0 Å². The van der Waals surface area contributed by atoms with Crippen molar-refractivity contribution in [2.24, 2.45) is 0 Å². The Kier molecular flexibility index (Phi) is 4.53. The molecule has 2 N–H and O–H groups in total. The number of hydrogen-bond donors (Lipinski definition) is 2. The van der Waals surface area contributed by atoms with Gasteiger partial charge in [0.05, 0.1) is 16.3 Å².